The fourth-order valence-electron chi connectivity index (χ4n) is 3.39. The third kappa shape index (κ3) is 4.35. The molecule has 0 radical (unpaired) electrons. The second kappa shape index (κ2) is 8.26. The number of benzene rings is 2. The second-order valence-electron chi connectivity index (χ2n) is 7.05. The smallest absolute Gasteiger partial charge is 0.370 e. The first-order valence-corrected chi connectivity index (χ1v) is 9.35. The number of hydrogen-bond donors (Lipinski definition) is 1. The molecule has 0 unspecified atom stereocenters. The Morgan fingerprint density at radius 2 is 1.97 bits per heavy atom. The minimum atomic E-state index is -4.35. The highest BCUT2D eigenvalue weighted by Gasteiger charge is 2.31. The zero-order chi connectivity index (χ0) is 21.1. The molecule has 1 N–H and O–H groups in total. The summed E-state index contributed by atoms with van der Waals surface area (Å²) < 4.78 is 45.7. The summed E-state index contributed by atoms with van der Waals surface area (Å²) in [4.78, 5) is 0. The summed E-state index contributed by atoms with van der Waals surface area (Å²) in [6, 6.07) is 14.1. The van der Waals surface area contributed by atoms with Gasteiger partial charge >= 0.3 is 6.18 Å². The van der Waals surface area contributed by atoms with E-state index in [0.29, 0.717) is 29.9 Å². The van der Waals surface area contributed by atoms with Crippen molar-refractivity contribution >= 4 is 0 Å². The molecule has 1 aromatic heterocycles. The third-order valence-electron chi connectivity index (χ3n) is 5.01. The maximum Gasteiger partial charge on any atom is 0.416 e. The van der Waals surface area contributed by atoms with Crippen LogP contribution in [0.15, 0.2) is 54.7 Å². The highest BCUT2D eigenvalue weighted by molar-refractivity contribution is 5.60. The number of aromatic nitrogens is 3. The van der Waals surface area contributed by atoms with Crippen molar-refractivity contribution in [1.82, 2.24) is 20.3 Å². The van der Waals surface area contributed by atoms with Crippen LogP contribution >= 0.6 is 0 Å². The molecule has 2 heterocycles. The fraction of sp³-hybridized carbons (Fsp3) is 0.286. The van der Waals surface area contributed by atoms with Crippen LogP contribution in [0.4, 0.5) is 13.2 Å². The van der Waals surface area contributed by atoms with Gasteiger partial charge in [0.25, 0.3) is 0 Å². The van der Waals surface area contributed by atoms with Crippen LogP contribution in [-0.2, 0) is 17.5 Å². The average Bonchev–Trinajstić information content (AvgIpc) is 3.41. The number of nitriles is 1. The van der Waals surface area contributed by atoms with Gasteiger partial charge in [-0.3, -0.25) is 0 Å². The number of hydrogen-bond acceptors (Lipinski definition) is 5. The maximum atomic E-state index is 12.7. The number of nitrogens with one attached hydrogen (secondary N) is 1. The number of nitrogens with zero attached hydrogens (tertiary/aromatic N) is 4. The Morgan fingerprint density at radius 3 is 2.70 bits per heavy atom. The monoisotopic (exact) mass is 413 g/mol. The fourth-order valence-corrected chi connectivity index (χ4v) is 3.39. The van der Waals surface area contributed by atoms with Crippen molar-refractivity contribution in [2.45, 2.75) is 24.9 Å². The van der Waals surface area contributed by atoms with E-state index in [4.69, 9.17) is 10.00 Å². The van der Waals surface area contributed by atoms with E-state index in [2.05, 4.69) is 21.7 Å². The molecular weight excluding hydrogens is 395 g/mol. The van der Waals surface area contributed by atoms with Crippen molar-refractivity contribution in [2.75, 3.05) is 13.1 Å². The molecule has 6 nitrogen and oxygen atoms in total. The van der Waals surface area contributed by atoms with Crippen molar-refractivity contribution in [3.8, 4) is 17.3 Å². The average molecular weight is 413 g/mol. The van der Waals surface area contributed by atoms with Gasteiger partial charge in [0.1, 0.15) is 5.69 Å². The van der Waals surface area contributed by atoms with E-state index in [1.807, 2.05) is 12.3 Å². The molecule has 1 aliphatic heterocycles. The van der Waals surface area contributed by atoms with Gasteiger partial charge < -0.3 is 10.1 Å². The third-order valence-corrected chi connectivity index (χ3v) is 5.01. The molecule has 2 atom stereocenters. The standard InChI is InChI=1S/C21H18F3N5O/c22-21(23,24)17-6-4-14(5-7-17)13-30-20-11-26-10-19(20)29-12-18(27-28-29)16-3-1-2-15(8-16)9-25/h1-8,12,19-20,26H,10-11,13H2/t19-,20-/m1/s1. The van der Waals surface area contributed by atoms with Gasteiger partial charge in [-0.2, -0.15) is 18.4 Å². The van der Waals surface area contributed by atoms with Gasteiger partial charge in [-0.25, -0.2) is 4.68 Å². The topological polar surface area (TPSA) is 75.8 Å². The minimum absolute atomic E-state index is 0.0974. The van der Waals surface area contributed by atoms with Crippen molar-refractivity contribution in [3.05, 3.63) is 71.4 Å². The van der Waals surface area contributed by atoms with Crippen LogP contribution in [0.5, 0.6) is 0 Å². The molecule has 2 aromatic carbocycles. The number of rotatable bonds is 5. The summed E-state index contributed by atoms with van der Waals surface area (Å²) in [6.45, 7) is 1.44. The zero-order valence-electron chi connectivity index (χ0n) is 15.8. The SMILES string of the molecule is N#Cc1cccc(-c2cn([C@@H]3CNC[C@H]3OCc3ccc(C(F)(F)F)cc3)nn2)c1. The lowest BCUT2D eigenvalue weighted by Gasteiger charge is -2.19. The first-order chi connectivity index (χ1) is 14.4. The summed E-state index contributed by atoms with van der Waals surface area (Å²) in [6.07, 6.45) is -2.74. The highest BCUT2D eigenvalue weighted by Crippen LogP contribution is 2.29. The van der Waals surface area contributed by atoms with E-state index >= 15 is 0 Å². The molecule has 0 aliphatic carbocycles. The highest BCUT2D eigenvalue weighted by atomic mass is 19.4. The Balaban J connectivity index is 1.43. The molecule has 1 fully saturated rings. The summed E-state index contributed by atoms with van der Waals surface area (Å²) in [5.74, 6) is 0. The predicted octanol–water partition coefficient (Wildman–Crippen LogP) is 3.57. The number of alkyl halides is 3. The van der Waals surface area contributed by atoms with Crippen molar-refractivity contribution < 1.29 is 17.9 Å². The normalized spacial score (nSPS) is 19.0. The van der Waals surface area contributed by atoms with E-state index < -0.39 is 11.7 Å². The molecule has 0 spiro atoms. The molecule has 1 aliphatic rings. The summed E-state index contributed by atoms with van der Waals surface area (Å²) in [5.41, 5.74) is 1.99. The lowest BCUT2D eigenvalue weighted by Crippen LogP contribution is -2.26. The maximum absolute atomic E-state index is 12.7. The Bertz CT molecular complexity index is 1060. The van der Waals surface area contributed by atoms with Crippen molar-refractivity contribution in [1.29, 1.82) is 5.26 Å². The molecule has 30 heavy (non-hydrogen) atoms. The minimum Gasteiger partial charge on any atom is -0.370 e. The molecule has 4 rings (SSSR count). The Hall–Kier alpha value is -3.22. The van der Waals surface area contributed by atoms with E-state index in [0.717, 1.165) is 17.7 Å². The van der Waals surface area contributed by atoms with E-state index in [-0.39, 0.29) is 18.8 Å². The van der Waals surface area contributed by atoms with Gasteiger partial charge in [-0.05, 0) is 29.8 Å². The largest absolute Gasteiger partial charge is 0.416 e. The first-order valence-electron chi connectivity index (χ1n) is 9.35. The van der Waals surface area contributed by atoms with Crippen LogP contribution in [0.1, 0.15) is 22.7 Å². The summed E-state index contributed by atoms with van der Waals surface area (Å²) in [7, 11) is 0. The van der Waals surface area contributed by atoms with Gasteiger partial charge in [0.15, 0.2) is 0 Å². The van der Waals surface area contributed by atoms with Gasteiger partial charge in [0.2, 0.25) is 0 Å². The van der Waals surface area contributed by atoms with Crippen LogP contribution in [0.2, 0.25) is 0 Å². The lowest BCUT2D eigenvalue weighted by atomic mass is 10.1. The van der Waals surface area contributed by atoms with Gasteiger partial charge in [-0.1, -0.05) is 29.5 Å². The molecule has 3 aromatic rings. The van der Waals surface area contributed by atoms with Crippen LogP contribution in [0.3, 0.4) is 0 Å². The molecule has 0 saturated carbocycles. The van der Waals surface area contributed by atoms with Crippen LogP contribution < -0.4 is 5.32 Å². The van der Waals surface area contributed by atoms with Crippen LogP contribution in [0, 0.1) is 11.3 Å². The molecule has 9 heteroatoms. The molecule has 0 amide bonds. The van der Waals surface area contributed by atoms with Crippen molar-refractivity contribution in [3.63, 3.8) is 0 Å². The Labute approximate surface area is 170 Å². The van der Waals surface area contributed by atoms with Crippen LogP contribution in [0.25, 0.3) is 11.3 Å². The number of halogens is 3. The Morgan fingerprint density at radius 1 is 1.17 bits per heavy atom. The summed E-state index contributed by atoms with van der Waals surface area (Å²) >= 11 is 0. The summed E-state index contributed by atoms with van der Waals surface area (Å²) in [5, 5.41) is 20.7. The van der Waals surface area contributed by atoms with E-state index in [9.17, 15) is 13.2 Å². The second-order valence-corrected chi connectivity index (χ2v) is 7.05. The first kappa shape index (κ1) is 20.1. The molecule has 1 saturated heterocycles. The lowest BCUT2D eigenvalue weighted by molar-refractivity contribution is -0.137. The van der Waals surface area contributed by atoms with E-state index in [1.165, 1.54) is 12.1 Å². The zero-order valence-corrected chi connectivity index (χ0v) is 15.8. The molecular formula is C21H18F3N5O. The van der Waals surface area contributed by atoms with Gasteiger partial charge in [0, 0.05) is 18.7 Å². The van der Waals surface area contributed by atoms with Crippen LogP contribution in [-0.4, -0.2) is 34.2 Å². The number of ether oxygens (including phenoxy) is 1. The molecule has 0 bridgehead atoms. The predicted molar refractivity (Wildman–Crippen MR) is 102 cm³/mol. The quantitative estimate of drug-likeness (QED) is 0.692. The van der Waals surface area contributed by atoms with Crippen molar-refractivity contribution in [2.24, 2.45) is 0 Å². The van der Waals surface area contributed by atoms with Gasteiger partial charge in [0.05, 0.1) is 42.1 Å². The molecule has 154 valence electrons. The Kier molecular flexibility index (Phi) is 5.53. The van der Waals surface area contributed by atoms with Gasteiger partial charge in [-0.15, -0.1) is 5.10 Å². The van der Waals surface area contributed by atoms with E-state index in [1.54, 1.807) is 22.9 Å².